The Morgan fingerprint density at radius 2 is 2.06 bits per heavy atom. The van der Waals surface area contributed by atoms with E-state index in [1.807, 2.05) is 11.5 Å². The third kappa shape index (κ3) is 4.32. The summed E-state index contributed by atoms with van der Waals surface area (Å²) >= 11 is 0. The van der Waals surface area contributed by atoms with Gasteiger partial charge in [-0.2, -0.15) is 0 Å². The highest BCUT2D eigenvalue weighted by Crippen LogP contribution is 2.36. The largest absolute Gasteiger partial charge is 0.383 e. The maximum absolute atomic E-state index is 13.5. The molecule has 2 aliphatic rings. The summed E-state index contributed by atoms with van der Waals surface area (Å²) in [5, 5.41) is 3.65. The summed E-state index contributed by atoms with van der Waals surface area (Å²) in [5.41, 5.74) is 7.84. The van der Waals surface area contributed by atoms with Gasteiger partial charge in [-0.25, -0.2) is 9.97 Å². The Morgan fingerprint density at radius 1 is 1.30 bits per heavy atom. The van der Waals surface area contributed by atoms with Crippen LogP contribution in [0, 0.1) is 17.8 Å². The Morgan fingerprint density at radius 3 is 2.76 bits per heavy atom. The molecule has 2 aromatic rings. The molecule has 0 spiro atoms. The van der Waals surface area contributed by atoms with Gasteiger partial charge in [-0.3, -0.25) is 9.59 Å². The molecule has 3 N–H and O–H groups in total. The molecule has 1 saturated carbocycles. The van der Waals surface area contributed by atoms with Crippen LogP contribution in [0.2, 0.25) is 0 Å². The van der Waals surface area contributed by atoms with E-state index in [2.05, 4.69) is 33.7 Å². The Balaban J connectivity index is 1.76. The monoisotopic (exact) mass is 448 g/mol. The van der Waals surface area contributed by atoms with Crippen LogP contribution in [0.15, 0.2) is 19.0 Å². The molecule has 2 amide bonds. The van der Waals surface area contributed by atoms with Gasteiger partial charge in [0.2, 0.25) is 5.91 Å². The van der Waals surface area contributed by atoms with E-state index in [1.54, 1.807) is 11.8 Å². The molecule has 1 aliphatic heterocycles. The summed E-state index contributed by atoms with van der Waals surface area (Å²) in [6.45, 7) is 8.50. The Labute approximate surface area is 194 Å². The lowest BCUT2D eigenvalue weighted by molar-refractivity contribution is -0.126. The number of rotatable bonds is 5. The van der Waals surface area contributed by atoms with Gasteiger partial charge < -0.3 is 20.5 Å². The summed E-state index contributed by atoms with van der Waals surface area (Å²) in [4.78, 5) is 36.3. The molecule has 2 aromatic heterocycles. The van der Waals surface area contributed by atoms with Crippen LogP contribution in [0.4, 0.5) is 5.82 Å². The van der Waals surface area contributed by atoms with Gasteiger partial charge in [0, 0.05) is 19.1 Å². The number of anilines is 1. The van der Waals surface area contributed by atoms with Gasteiger partial charge in [-0.1, -0.05) is 31.8 Å². The molecule has 8 nitrogen and oxygen atoms in total. The van der Waals surface area contributed by atoms with Crippen molar-refractivity contribution in [3.63, 3.8) is 0 Å². The van der Waals surface area contributed by atoms with Gasteiger partial charge in [0.1, 0.15) is 23.5 Å². The normalized spacial score (nSPS) is 21.0. The maximum atomic E-state index is 13.5. The average Bonchev–Trinajstić information content (AvgIpc) is 3.36. The van der Waals surface area contributed by atoms with Gasteiger partial charge in [0.25, 0.3) is 5.91 Å². The highest BCUT2D eigenvalue weighted by Gasteiger charge is 2.36. The zero-order valence-electron chi connectivity index (χ0n) is 19.4. The number of carbonyl (C=O) groups excluding carboxylic acids is 2. The van der Waals surface area contributed by atoms with Crippen molar-refractivity contribution in [2.75, 3.05) is 18.8 Å². The first-order chi connectivity index (χ1) is 16.0. The molecular weight excluding hydrogens is 416 g/mol. The Kier molecular flexibility index (Phi) is 6.68. The average molecular weight is 449 g/mol. The number of nitrogens with one attached hydrogen (secondary N) is 1. The molecule has 2 fully saturated rings. The van der Waals surface area contributed by atoms with Crippen LogP contribution in [0.5, 0.6) is 0 Å². The second kappa shape index (κ2) is 9.65. The van der Waals surface area contributed by atoms with Crippen molar-refractivity contribution in [3.05, 3.63) is 30.2 Å². The van der Waals surface area contributed by atoms with Crippen molar-refractivity contribution in [1.82, 2.24) is 24.8 Å². The topological polar surface area (TPSA) is 106 Å². The molecule has 1 saturated heterocycles. The van der Waals surface area contributed by atoms with Crippen LogP contribution in [-0.2, 0) is 4.79 Å². The van der Waals surface area contributed by atoms with E-state index < -0.39 is 0 Å². The molecular formula is C25H32N6O2. The van der Waals surface area contributed by atoms with Crippen molar-refractivity contribution in [2.45, 2.75) is 64.5 Å². The standard InChI is InChI=1S/C25H32N6O2/c1-4-9-19-21(25(33)27-13-17-10-7-6-8-11-17)22-23(26)28-15-29-24(22)31(19)18-12-16(3)30(14-18)20(32)5-2/h5,15-18H,2,6-8,10-14H2,1,3H3,(H,27,33)(H2,26,28,29). The summed E-state index contributed by atoms with van der Waals surface area (Å²) in [7, 11) is 0. The molecule has 33 heavy (non-hydrogen) atoms. The number of aromatic nitrogens is 3. The fourth-order valence-corrected chi connectivity index (χ4v) is 5.31. The summed E-state index contributed by atoms with van der Waals surface area (Å²) in [5.74, 6) is 6.53. The van der Waals surface area contributed by atoms with Gasteiger partial charge in [0.15, 0.2) is 0 Å². The molecule has 4 rings (SSSR count). The number of carbonyl (C=O) groups is 2. The van der Waals surface area contributed by atoms with E-state index in [-0.39, 0.29) is 29.7 Å². The van der Waals surface area contributed by atoms with Crippen molar-refractivity contribution < 1.29 is 9.59 Å². The first kappa shape index (κ1) is 22.8. The van der Waals surface area contributed by atoms with E-state index in [0.717, 1.165) is 19.3 Å². The Bertz CT molecular complexity index is 1140. The molecule has 174 valence electrons. The number of likely N-dealkylation sites (tertiary alicyclic amines) is 1. The lowest BCUT2D eigenvalue weighted by Gasteiger charge is -2.21. The molecule has 8 heteroatoms. The van der Waals surface area contributed by atoms with Crippen molar-refractivity contribution >= 4 is 28.7 Å². The predicted molar refractivity (Wildman–Crippen MR) is 128 cm³/mol. The third-order valence-electron chi connectivity index (χ3n) is 6.93. The fraction of sp³-hybridized carbons (Fsp3) is 0.520. The van der Waals surface area contributed by atoms with Crippen LogP contribution in [-0.4, -0.2) is 50.4 Å². The zero-order chi connectivity index (χ0) is 23.5. The van der Waals surface area contributed by atoms with Crippen molar-refractivity contribution in [3.8, 4) is 11.8 Å². The highest BCUT2D eigenvalue weighted by atomic mass is 16.2. The summed E-state index contributed by atoms with van der Waals surface area (Å²) in [6, 6.07) is -0.0559. The van der Waals surface area contributed by atoms with Crippen molar-refractivity contribution in [2.24, 2.45) is 5.92 Å². The van der Waals surface area contributed by atoms with E-state index in [0.29, 0.717) is 41.3 Å². The molecule has 3 heterocycles. The van der Waals surface area contributed by atoms with Crippen LogP contribution in [0.25, 0.3) is 11.0 Å². The van der Waals surface area contributed by atoms with Gasteiger partial charge >= 0.3 is 0 Å². The minimum absolute atomic E-state index is 0.0307. The minimum atomic E-state index is -0.200. The molecule has 0 bridgehead atoms. The van der Waals surface area contributed by atoms with Crippen LogP contribution in [0.3, 0.4) is 0 Å². The number of hydrogen-bond acceptors (Lipinski definition) is 5. The number of hydrogen-bond donors (Lipinski definition) is 2. The molecule has 2 unspecified atom stereocenters. The fourth-order valence-electron chi connectivity index (χ4n) is 5.31. The predicted octanol–water partition coefficient (Wildman–Crippen LogP) is 3.04. The van der Waals surface area contributed by atoms with E-state index in [4.69, 9.17) is 5.73 Å². The number of nitrogens with two attached hydrogens (primary N) is 1. The second-order valence-electron chi connectivity index (χ2n) is 9.07. The first-order valence-electron chi connectivity index (χ1n) is 11.7. The first-order valence-corrected chi connectivity index (χ1v) is 11.7. The quantitative estimate of drug-likeness (QED) is 0.540. The van der Waals surface area contributed by atoms with Crippen LogP contribution in [0.1, 0.15) is 74.5 Å². The third-order valence-corrected chi connectivity index (χ3v) is 6.93. The smallest absolute Gasteiger partial charge is 0.254 e. The minimum Gasteiger partial charge on any atom is -0.383 e. The number of amides is 2. The summed E-state index contributed by atoms with van der Waals surface area (Å²) < 4.78 is 1.98. The Hall–Kier alpha value is -3.34. The lowest BCUT2D eigenvalue weighted by atomic mass is 9.89. The molecule has 2 atom stereocenters. The van der Waals surface area contributed by atoms with Crippen LogP contribution < -0.4 is 11.1 Å². The van der Waals surface area contributed by atoms with Crippen molar-refractivity contribution in [1.29, 1.82) is 0 Å². The van der Waals surface area contributed by atoms with Gasteiger partial charge in [-0.15, -0.1) is 0 Å². The highest BCUT2D eigenvalue weighted by molar-refractivity contribution is 6.11. The number of nitrogens with zero attached hydrogens (tertiary/aromatic N) is 4. The molecule has 0 aromatic carbocycles. The van der Waals surface area contributed by atoms with E-state index in [1.165, 1.54) is 31.7 Å². The van der Waals surface area contributed by atoms with Crippen LogP contribution >= 0.6 is 0 Å². The SMILES string of the molecule is C=CC(=O)N1CC(n2c(C#CC)c(C(=O)NCC3CCCCC3)c3c(N)ncnc32)CC1C. The number of fused-ring (bicyclic) bond motifs is 1. The maximum Gasteiger partial charge on any atom is 0.254 e. The van der Waals surface area contributed by atoms with E-state index in [9.17, 15) is 9.59 Å². The molecule has 0 radical (unpaired) electrons. The number of nitrogen functional groups attached to an aromatic ring is 1. The second-order valence-corrected chi connectivity index (χ2v) is 9.07. The van der Waals surface area contributed by atoms with Gasteiger partial charge in [0.05, 0.1) is 17.0 Å². The molecule has 1 aliphatic carbocycles. The lowest BCUT2D eigenvalue weighted by Crippen LogP contribution is -2.32. The van der Waals surface area contributed by atoms with Gasteiger partial charge in [-0.05, 0) is 51.0 Å². The van der Waals surface area contributed by atoms with E-state index >= 15 is 0 Å². The zero-order valence-corrected chi connectivity index (χ0v) is 19.4. The summed E-state index contributed by atoms with van der Waals surface area (Å²) in [6.07, 6.45) is 9.45.